The lowest BCUT2D eigenvalue weighted by molar-refractivity contribution is 0.0581. The Hall–Kier alpha value is -3.44. The van der Waals surface area contributed by atoms with E-state index < -0.39 is 0 Å². The molecule has 5 nitrogen and oxygen atoms in total. The maximum absolute atomic E-state index is 6.58. The summed E-state index contributed by atoms with van der Waals surface area (Å²) in [6.45, 7) is 10.9. The van der Waals surface area contributed by atoms with Crippen molar-refractivity contribution in [1.82, 2.24) is 4.90 Å². The van der Waals surface area contributed by atoms with Gasteiger partial charge in [0.05, 0.1) is 12.8 Å². The Morgan fingerprint density at radius 2 is 1.76 bits per heavy atom. The molecule has 4 aliphatic rings. The van der Waals surface area contributed by atoms with Gasteiger partial charge in [-0.15, -0.1) is 0 Å². The molecule has 0 saturated heterocycles. The zero-order valence-corrected chi connectivity index (χ0v) is 25.2. The van der Waals surface area contributed by atoms with E-state index in [2.05, 4.69) is 87.3 Å². The van der Waals surface area contributed by atoms with Crippen LogP contribution in [0.5, 0.6) is 11.5 Å². The van der Waals surface area contributed by atoms with E-state index in [4.69, 9.17) is 18.9 Å². The van der Waals surface area contributed by atoms with Gasteiger partial charge in [-0.25, -0.2) is 0 Å². The van der Waals surface area contributed by atoms with E-state index in [9.17, 15) is 0 Å². The van der Waals surface area contributed by atoms with Crippen molar-refractivity contribution in [2.45, 2.75) is 77.7 Å². The first-order valence-corrected chi connectivity index (χ1v) is 15.2. The predicted molar refractivity (Wildman–Crippen MR) is 164 cm³/mol. The van der Waals surface area contributed by atoms with Gasteiger partial charge in [-0.2, -0.15) is 0 Å². The highest BCUT2D eigenvalue weighted by Crippen LogP contribution is 2.47. The molecule has 1 atom stereocenters. The number of fused-ring (bicyclic) bond motifs is 5. The van der Waals surface area contributed by atoms with Crippen LogP contribution in [-0.2, 0) is 27.7 Å². The average Bonchev–Trinajstić information content (AvgIpc) is 3.43. The minimum Gasteiger partial charge on any atom is -0.498 e. The monoisotopic (exact) mass is 553 g/mol. The summed E-state index contributed by atoms with van der Waals surface area (Å²) >= 11 is 0. The Morgan fingerprint density at radius 1 is 0.976 bits per heavy atom. The fourth-order valence-electron chi connectivity index (χ4n) is 6.32. The van der Waals surface area contributed by atoms with Crippen LogP contribution in [0, 0.1) is 0 Å². The molecule has 0 saturated carbocycles. The highest BCUT2D eigenvalue weighted by Gasteiger charge is 2.37. The molecule has 41 heavy (non-hydrogen) atoms. The summed E-state index contributed by atoms with van der Waals surface area (Å²) in [6.07, 6.45) is 12.9. The first-order chi connectivity index (χ1) is 19.9. The number of rotatable bonds is 9. The SMILES string of the molecule is CCCCCCOC1C(OC)=CC=C2C1=CN1CCc3cc4c(cc3C1=C2Cc1ccc(C(C)(C)C)cc1)OCO4. The van der Waals surface area contributed by atoms with Gasteiger partial charge >= 0.3 is 0 Å². The van der Waals surface area contributed by atoms with Crippen molar-refractivity contribution in [3.63, 3.8) is 0 Å². The fourth-order valence-corrected chi connectivity index (χ4v) is 6.32. The summed E-state index contributed by atoms with van der Waals surface area (Å²) in [7, 11) is 1.75. The molecule has 0 radical (unpaired) electrons. The van der Waals surface area contributed by atoms with Crippen molar-refractivity contribution in [1.29, 1.82) is 0 Å². The Morgan fingerprint density at radius 3 is 2.49 bits per heavy atom. The molecule has 2 aromatic carbocycles. The van der Waals surface area contributed by atoms with Crippen LogP contribution >= 0.6 is 0 Å². The van der Waals surface area contributed by atoms with E-state index in [-0.39, 0.29) is 18.3 Å². The highest BCUT2D eigenvalue weighted by atomic mass is 16.7. The van der Waals surface area contributed by atoms with Gasteiger partial charge in [0.2, 0.25) is 6.79 Å². The highest BCUT2D eigenvalue weighted by molar-refractivity contribution is 5.82. The number of benzene rings is 2. The molecule has 1 unspecified atom stereocenters. The van der Waals surface area contributed by atoms with Crippen LogP contribution in [0.2, 0.25) is 0 Å². The van der Waals surface area contributed by atoms with Crippen molar-refractivity contribution in [3.8, 4) is 11.5 Å². The first-order valence-electron chi connectivity index (χ1n) is 15.2. The smallest absolute Gasteiger partial charge is 0.231 e. The fraction of sp³-hybridized carbons (Fsp3) is 0.444. The molecule has 0 spiro atoms. The molecule has 0 N–H and O–H groups in total. The van der Waals surface area contributed by atoms with E-state index >= 15 is 0 Å². The molecule has 3 heterocycles. The Kier molecular flexibility index (Phi) is 7.74. The van der Waals surface area contributed by atoms with E-state index in [1.54, 1.807) is 7.11 Å². The quantitative estimate of drug-likeness (QED) is 0.296. The van der Waals surface area contributed by atoms with E-state index in [1.165, 1.54) is 63.9 Å². The van der Waals surface area contributed by atoms with Gasteiger partial charge in [0.1, 0.15) is 11.9 Å². The molecule has 0 amide bonds. The van der Waals surface area contributed by atoms with E-state index in [0.29, 0.717) is 0 Å². The zero-order valence-electron chi connectivity index (χ0n) is 25.2. The third-order valence-corrected chi connectivity index (χ3v) is 8.65. The molecule has 3 aliphatic heterocycles. The van der Waals surface area contributed by atoms with Gasteiger partial charge in [0, 0.05) is 36.9 Å². The molecular weight excluding hydrogens is 510 g/mol. The second-order valence-electron chi connectivity index (χ2n) is 12.5. The normalized spacial score (nSPS) is 19.2. The number of nitrogens with zero attached hydrogens (tertiary/aromatic N) is 1. The van der Waals surface area contributed by atoms with Gasteiger partial charge < -0.3 is 23.8 Å². The van der Waals surface area contributed by atoms with Crippen LogP contribution in [-0.4, -0.2) is 38.1 Å². The van der Waals surface area contributed by atoms with Gasteiger partial charge in [0.15, 0.2) is 11.5 Å². The van der Waals surface area contributed by atoms with E-state index in [1.807, 2.05) is 0 Å². The third-order valence-electron chi connectivity index (χ3n) is 8.65. The van der Waals surface area contributed by atoms with Crippen LogP contribution in [0.15, 0.2) is 77.2 Å². The minimum absolute atomic E-state index is 0.123. The van der Waals surface area contributed by atoms with Gasteiger partial charge in [-0.05, 0) is 64.3 Å². The lowest BCUT2D eigenvalue weighted by Crippen LogP contribution is -2.34. The van der Waals surface area contributed by atoms with Crippen molar-refractivity contribution in [2.75, 3.05) is 27.1 Å². The van der Waals surface area contributed by atoms with Crippen molar-refractivity contribution >= 4 is 5.70 Å². The molecule has 216 valence electrons. The largest absolute Gasteiger partial charge is 0.498 e. The summed E-state index contributed by atoms with van der Waals surface area (Å²) < 4.78 is 24.0. The lowest BCUT2D eigenvalue weighted by Gasteiger charge is -2.40. The number of hydrogen-bond donors (Lipinski definition) is 0. The molecule has 0 fully saturated rings. The molecule has 0 bridgehead atoms. The third kappa shape index (κ3) is 5.44. The van der Waals surface area contributed by atoms with Crippen LogP contribution in [0.3, 0.4) is 0 Å². The first kappa shape index (κ1) is 27.7. The standard InChI is InChI=1S/C36H43NO4/c1-6-7-8-9-18-39-35-30-22-37-17-16-25-20-32-33(41-23-40-32)21-28(25)34(37)29(27(30)14-15-31(35)38-5)19-24-10-12-26(13-11-24)36(2,3)4/h10-15,20-22,35H,6-9,16-19,23H2,1-5H3. The van der Waals surface area contributed by atoms with Crippen LogP contribution in [0.4, 0.5) is 0 Å². The summed E-state index contributed by atoms with van der Waals surface area (Å²) in [5, 5.41) is 0. The maximum Gasteiger partial charge on any atom is 0.231 e. The van der Waals surface area contributed by atoms with Crippen molar-refractivity contribution < 1.29 is 18.9 Å². The molecule has 0 aromatic heterocycles. The molecule has 6 rings (SSSR count). The minimum atomic E-state index is -0.209. The number of ether oxygens (including phenoxy) is 4. The number of methoxy groups -OCH3 is 1. The molecule has 2 aromatic rings. The lowest BCUT2D eigenvalue weighted by atomic mass is 9.79. The Bertz CT molecular complexity index is 1420. The number of hydrogen-bond acceptors (Lipinski definition) is 5. The summed E-state index contributed by atoms with van der Waals surface area (Å²) in [6, 6.07) is 13.5. The second kappa shape index (κ2) is 11.4. The summed E-state index contributed by atoms with van der Waals surface area (Å²) in [5.74, 6) is 2.55. The second-order valence-corrected chi connectivity index (χ2v) is 12.5. The topological polar surface area (TPSA) is 40.2 Å². The van der Waals surface area contributed by atoms with E-state index in [0.717, 1.165) is 49.7 Å². The molecular formula is C36H43NO4. The van der Waals surface area contributed by atoms with Gasteiger partial charge in [-0.3, -0.25) is 0 Å². The zero-order chi connectivity index (χ0) is 28.6. The summed E-state index contributed by atoms with van der Waals surface area (Å²) in [4.78, 5) is 2.43. The molecule has 5 heteroatoms. The van der Waals surface area contributed by atoms with Gasteiger partial charge in [-0.1, -0.05) is 77.3 Å². The van der Waals surface area contributed by atoms with Crippen molar-refractivity contribution in [2.24, 2.45) is 0 Å². The Balaban J connectivity index is 1.42. The van der Waals surface area contributed by atoms with Crippen LogP contribution in [0.25, 0.3) is 5.70 Å². The van der Waals surface area contributed by atoms with Crippen molar-refractivity contribution in [3.05, 3.63) is 99.5 Å². The number of allylic oxidation sites excluding steroid dienone is 3. The average molecular weight is 554 g/mol. The number of unbranched alkanes of at least 4 members (excludes halogenated alkanes) is 3. The predicted octanol–water partition coefficient (Wildman–Crippen LogP) is 7.86. The summed E-state index contributed by atoms with van der Waals surface area (Å²) in [5.41, 5.74) is 10.3. The maximum atomic E-state index is 6.58. The van der Waals surface area contributed by atoms with Gasteiger partial charge in [0.25, 0.3) is 0 Å². The Labute approximate surface area is 245 Å². The van der Waals surface area contributed by atoms with Crippen LogP contribution in [0.1, 0.15) is 75.6 Å². The molecule has 1 aliphatic carbocycles. The van der Waals surface area contributed by atoms with Crippen LogP contribution < -0.4 is 9.47 Å².